The molecule has 0 aliphatic carbocycles. The lowest BCUT2D eigenvalue weighted by Gasteiger charge is -2.17. The maximum absolute atomic E-state index is 6.17. The highest BCUT2D eigenvalue weighted by Gasteiger charge is 2.18. The van der Waals surface area contributed by atoms with Crippen molar-refractivity contribution in [2.75, 3.05) is 6.54 Å². The molecule has 3 aromatic rings. The van der Waals surface area contributed by atoms with E-state index in [4.69, 9.17) is 5.73 Å². The van der Waals surface area contributed by atoms with Crippen LogP contribution in [-0.2, 0) is 13.0 Å². The average molecular weight is 320 g/mol. The van der Waals surface area contributed by atoms with E-state index in [0.29, 0.717) is 12.5 Å². The molecule has 24 heavy (non-hydrogen) atoms. The van der Waals surface area contributed by atoms with E-state index in [2.05, 4.69) is 74.7 Å². The number of nitrogens with zero attached hydrogens (tertiary/aromatic N) is 1. The summed E-state index contributed by atoms with van der Waals surface area (Å²) in [5, 5.41) is 1.37. The van der Waals surface area contributed by atoms with Crippen molar-refractivity contribution in [1.29, 1.82) is 0 Å². The molecule has 2 aromatic carbocycles. The van der Waals surface area contributed by atoms with Gasteiger partial charge in [0, 0.05) is 29.1 Å². The number of hydrogen-bond acceptors (Lipinski definition) is 1. The smallest absolute Gasteiger partial charge is 0.0485 e. The lowest BCUT2D eigenvalue weighted by molar-refractivity contribution is 0.684. The highest BCUT2D eigenvalue weighted by atomic mass is 15.0. The molecule has 0 saturated carbocycles. The van der Waals surface area contributed by atoms with E-state index in [-0.39, 0.29) is 0 Å². The SMILES string of the molecule is CCn1c(C)c(CC(CN)c2ccc(C)c(C)c2)c2ccccc21. The van der Waals surface area contributed by atoms with Gasteiger partial charge in [-0.15, -0.1) is 0 Å². The van der Waals surface area contributed by atoms with E-state index in [1.165, 1.54) is 38.9 Å². The molecule has 3 rings (SSSR count). The quantitative estimate of drug-likeness (QED) is 0.714. The van der Waals surface area contributed by atoms with Gasteiger partial charge in [-0.3, -0.25) is 0 Å². The third kappa shape index (κ3) is 2.87. The second-order valence-electron chi connectivity index (χ2n) is 6.81. The van der Waals surface area contributed by atoms with Crippen molar-refractivity contribution in [1.82, 2.24) is 4.57 Å². The molecule has 2 N–H and O–H groups in total. The summed E-state index contributed by atoms with van der Waals surface area (Å²) in [6, 6.07) is 15.5. The predicted octanol–water partition coefficient (Wildman–Crippen LogP) is 4.87. The predicted molar refractivity (Wildman–Crippen MR) is 104 cm³/mol. The van der Waals surface area contributed by atoms with Gasteiger partial charge >= 0.3 is 0 Å². The summed E-state index contributed by atoms with van der Waals surface area (Å²) >= 11 is 0. The van der Waals surface area contributed by atoms with Gasteiger partial charge in [-0.25, -0.2) is 0 Å². The van der Waals surface area contributed by atoms with E-state index < -0.39 is 0 Å². The normalized spacial score (nSPS) is 12.7. The van der Waals surface area contributed by atoms with Crippen LogP contribution in [0.5, 0.6) is 0 Å². The Labute approximate surface area is 145 Å². The number of benzene rings is 2. The van der Waals surface area contributed by atoms with Gasteiger partial charge in [0.05, 0.1) is 0 Å². The van der Waals surface area contributed by atoms with E-state index in [1.807, 2.05) is 0 Å². The van der Waals surface area contributed by atoms with Gasteiger partial charge in [0.2, 0.25) is 0 Å². The molecule has 1 aromatic heterocycles. The minimum Gasteiger partial charge on any atom is -0.345 e. The summed E-state index contributed by atoms with van der Waals surface area (Å²) in [5.74, 6) is 0.360. The van der Waals surface area contributed by atoms with Crippen LogP contribution >= 0.6 is 0 Å². The fourth-order valence-corrected chi connectivity index (χ4v) is 3.77. The monoisotopic (exact) mass is 320 g/mol. The Balaban J connectivity index is 2.04. The fraction of sp³-hybridized carbons (Fsp3) is 0.364. The molecule has 126 valence electrons. The van der Waals surface area contributed by atoms with E-state index in [9.17, 15) is 0 Å². The van der Waals surface area contributed by atoms with Crippen LogP contribution in [0.4, 0.5) is 0 Å². The molecule has 0 radical (unpaired) electrons. The van der Waals surface area contributed by atoms with Crippen LogP contribution in [0.1, 0.15) is 40.8 Å². The van der Waals surface area contributed by atoms with Crippen LogP contribution in [0.2, 0.25) is 0 Å². The van der Waals surface area contributed by atoms with Crippen molar-refractivity contribution in [3.05, 3.63) is 70.4 Å². The standard InChI is InChI=1S/C22H28N2/c1-5-24-17(4)21(20-8-6-7-9-22(20)24)13-19(14-23)18-11-10-15(2)16(3)12-18/h6-12,19H,5,13-14,23H2,1-4H3. The molecule has 0 saturated heterocycles. The maximum Gasteiger partial charge on any atom is 0.0485 e. The first-order valence-corrected chi connectivity index (χ1v) is 8.90. The Bertz CT molecular complexity index is 858. The number of fused-ring (bicyclic) bond motifs is 1. The van der Waals surface area contributed by atoms with Gasteiger partial charge in [-0.2, -0.15) is 0 Å². The Kier molecular flexibility index (Phi) is 4.77. The highest BCUT2D eigenvalue weighted by molar-refractivity contribution is 5.85. The fourth-order valence-electron chi connectivity index (χ4n) is 3.77. The van der Waals surface area contributed by atoms with Crippen LogP contribution in [0.25, 0.3) is 10.9 Å². The first-order valence-electron chi connectivity index (χ1n) is 8.90. The van der Waals surface area contributed by atoms with E-state index in [1.54, 1.807) is 0 Å². The molecule has 0 spiro atoms. The molecule has 1 atom stereocenters. The van der Waals surface area contributed by atoms with Gasteiger partial charge in [0.1, 0.15) is 0 Å². The van der Waals surface area contributed by atoms with Crippen LogP contribution < -0.4 is 5.73 Å². The largest absolute Gasteiger partial charge is 0.345 e. The van der Waals surface area contributed by atoms with Crippen LogP contribution in [-0.4, -0.2) is 11.1 Å². The molecule has 0 fully saturated rings. The summed E-state index contributed by atoms with van der Waals surface area (Å²) in [5.41, 5.74) is 14.4. The lowest BCUT2D eigenvalue weighted by atomic mass is 9.89. The Morgan fingerprint density at radius 1 is 1.00 bits per heavy atom. The van der Waals surface area contributed by atoms with Crippen molar-refractivity contribution in [3.63, 3.8) is 0 Å². The summed E-state index contributed by atoms with van der Waals surface area (Å²) < 4.78 is 2.42. The zero-order valence-corrected chi connectivity index (χ0v) is 15.3. The lowest BCUT2D eigenvalue weighted by Crippen LogP contribution is -2.16. The summed E-state index contributed by atoms with van der Waals surface area (Å²) in [7, 11) is 0. The molecular formula is C22H28N2. The van der Waals surface area contributed by atoms with Crippen LogP contribution in [0, 0.1) is 20.8 Å². The first kappa shape index (κ1) is 16.8. The Morgan fingerprint density at radius 3 is 2.42 bits per heavy atom. The first-order chi connectivity index (χ1) is 11.6. The van der Waals surface area contributed by atoms with Crippen molar-refractivity contribution in [2.24, 2.45) is 5.73 Å². The minimum atomic E-state index is 0.360. The molecule has 2 heteroatoms. The molecule has 0 amide bonds. The number of aromatic nitrogens is 1. The zero-order chi connectivity index (χ0) is 17.3. The molecule has 0 bridgehead atoms. The van der Waals surface area contributed by atoms with Crippen molar-refractivity contribution in [2.45, 2.75) is 46.6 Å². The Hall–Kier alpha value is -2.06. The van der Waals surface area contributed by atoms with Crippen molar-refractivity contribution >= 4 is 10.9 Å². The molecule has 0 aliphatic heterocycles. The van der Waals surface area contributed by atoms with Crippen LogP contribution in [0.15, 0.2) is 42.5 Å². The van der Waals surface area contributed by atoms with Gasteiger partial charge in [0.15, 0.2) is 0 Å². The molecule has 1 heterocycles. The summed E-state index contributed by atoms with van der Waals surface area (Å²) in [6.45, 7) is 10.5. The third-order valence-electron chi connectivity index (χ3n) is 5.42. The van der Waals surface area contributed by atoms with Crippen LogP contribution in [0.3, 0.4) is 0 Å². The molecule has 1 unspecified atom stereocenters. The number of rotatable bonds is 5. The second-order valence-corrected chi connectivity index (χ2v) is 6.81. The molecular weight excluding hydrogens is 292 g/mol. The van der Waals surface area contributed by atoms with Crippen molar-refractivity contribution < 1.29 is 0 Å². The number of aryl methyl sites for hydroxylation is 3. The topological polar surface area (TPSA) is 30.9 Å². The maximum atomic E-state index is 6.17. The second kappa shape index (κ2) is 6.82. The van der Waals surface area contributed by atoms with Gasteiger partial charge in [-0.1, -0.05) is 36.4 Å². The average Bonchev–Trinajstić information content (AvgIpc) is 2.86. The summed E-state index contributed by atoms with van der Waals surface area (Å²) in [4.78, 5) is 0. The Morgan fingerprint density at radius 2 is 1.75 bits per heavy atom. The van der Waals surface area contributed by atoms with Gasteiger partial charge in [0.25, 0.3) is 0 Å². The zero-order valence-electron chi connectivity index (χ0n) is 15.3. The highest BCUT2D eigenvalue weighted by Crippen LogP contribution is 2.31. The third-order valence-corrected chi connectivity index (χ3v) is 5.42. The van der Waals surface area contributed by atoms with E-state index >= 15 is 0 Å². The molecule has 2 nitrogen and oxygen atoms in total. The summed E-state index contributed by atoms with van der Waals surface area (Å²) in [6.07, 6.45) is 0.998. The molecule has 0 aliphatic rings. The number of para-hydroxylation sites is 1. The van der Waals surface area contributed by atoms with E-state index in [0.717, 1.165) is 13.0 Å². The van der Waals surface area contributed by atoms with Gasteiger partial charge in [-0.05, 0) is 69.0 Å². The number of hydrogen-bond donors (Lipinski definition) is 1. The minimum absolute atomic E-state index is 0.360. The van der Waals surface area contributed by atoms with Gasteiger partial charge < -0.3 is 10.3 Å². The number of nitrogens with two attached hydrogens (primary N) is 1. The van der Waals surface area contributed by atoms with Crippen molar-refractivity contribution in [3.8, 4) is 0 Å².